The minimum atomic E-state index is -4.79. The molecule has 1 fully saturated rings. The van der Waals surface area contributed by atoms with Crippen LogP contribution in [0, 0.1) is 0 Å². The van der Waals surface area contributed by atoms with Gasteiger partial charge in [0.2, 0.25) is 0 Å². The monoisotopic (exact) mass is 428 g/mol. The number of aromatic amines is 1. The Morgan fingerprint density at radius 1 is 1.38 bits per heavy atom. The van der Waals surface area contributed by atoms with Gasteiger partial charge in [-0.2, -0.15) is 0 Å². The maximum atomic E-state index is 11.9. The summed E-state index contributed by atoms with van der Waals surface area (Å²) >= 11 is 2.99. The molecule has 0 amide bonds. The first-order valence-electron chi connectivity index (χ1n) is 6.48. The molecular weight excluding hydrogens is 415 g/mol. The molecule has 1 aliphatic rings. The van der Waals surface area contributed by atoms with Crippen LogP contribution in [0.5, 0.6) is 0 Å². The molecule has 0 radical (unpaired) electrons. The van der Waals surface area contributed by atoms with Gasteiger partial charge in [-0.3, -0.25) is 18.9 Å². The van der Waals surface area contributed by atoms with Gasteiger partial charge in [-0.1, -0.05) is 15.9 Å². The molecule has 0 unspecified atom stereocenters. The largest absolute Gasteiger partial charge is 0.469 e. The van der Waals surface area contributed by atoms with Gasteiger partial charge in [0.15, 0.2) is 6.23 Å². The van der Waals surface area contributed by atoms with Gasteiger partial charge in [0, 0.05) is 6.20 Å². The standard InChI is InChI=1S/C11H14BrN2O9P/c12-2-1-5-3-14(11(18)13-9(5)17)10-8(16)7(15)6(23-10)4-22-24(19,20)21/h1-3,6-8,10,15-16H,4H2,(H,13,17,18)(H2,19,20,21)/b2-1+/t6-,7-,8+,10-/m1/s1. The molecular formula is C11H14BrN2O9P. The zero-order chi connectivity index (χ0) is 18.1. The smallest absolute Gasteiger partial charge is 0.387 e. The second-order valence-corrected chi connectivity index (χ2v) is 6.64. The molecule has 24 heavy (non-hydrogen) atoms. The van der Waals surface area contributed by atoms with Gasteiger partial charge in [0.25, 0.3) is 5.56 Å². The molecule has 0 spiro atoms. The predicted octanol–water partition coefficient (Wildman–Crippen LogP) is -1.37. The molecule has 1 saturated heterocycles. The number of H-pyrrole nitrogens is 1. The van der Waals surface area contributed by atoms with Crippen molar-refractivity contribution in [2.45, 2.75) is 24.5 Å². The van der Waals surface area contributed by atoms with Crippen molar-refractivity contribution in [3.63, 3.8) is 0 Å². The molecule has 134 valence electrons. The number of phosphoric ester groups is 1. The molecule has 4 atom stereocenters. The van der Waals surface area contributed by atoms with Gasteiger partial charge in [-0.15, -0.1) is 0 Å². The molecule has 0 aliphatic carbocycles. The quantitative estimate of drug-likeness (QED) is 0.354. The fraction of sp³-hybridized carbons (Fsp3) is 0.455. The number of hydrogen-bond acceptors (Lipinski definition) is 7. The number of aliphatic hydroxyl groups is 2. The SMILES string of the molecule is O=c1[nH]c(=O)n([C@@H]2O[C@H](COP(=O)(O)O)[C@@H](O)[C@@H]2O)cc1/C=C/Br. The van der Waals surface area contributed by atoms with E-state index in [1.807, 2.05) is 4.98 Å². The fourth-order valence-electron chi connectivity index (χ4n) is 2.14. The summed E-state index contributed by atoms with van der Waals surface area (Å²) in [5.41, 5.74) is -1.48. The van der Waals surface area contributed by atoms with Crippen LogP contribution in [0.25, 0.3) is 6.08 Å². The van der Waals surface area contributed by atoms with Crippen LogP contribution in [0.1, 0.15) is 11.8 Å². The molecule has 1 aliphatic heterocycles. The highest BCUT2D eigenvalue weighted by Gasteiger charge is 2.45. The van der Waals surface area contributed by atoms with Crippen LogP contribution in [0.3, 0.4) is 0 Å². The first-order chi connectivity index (χ1) is 11.1. The number of phosphoric acid groups is 1. The number of nitrogens with zero attached hydrogens (tertiary/aromatic N) is 1. The zero-order valence-corrected chi connectivity index (χ0v) is 14.3. The normalized spacial score (nSPS) is 27.9. The van der Waals surface area contributed by atoms with Crippen LogP contribution in [0.15, 0.2) is 20.8 Å². The Kier molecular flexibility index (Phi) is 5.94. The Hall–Kier alpha value is -1.11. The number of rotatable bonds is 5. The Labute approximate surface area is 142 Å². The van der Waals surface area contributed by atoms with E-state index in [1.165, 1.54) is 11.1 Å². The van der Waals surface area contributed by atoms with Crippen LogP contribution >= 0.6 is 23.8 Å². The summed E-state index contributed by atoms with van der Waals surface area (Å²) in [6.45, 7) is -0.703. The molecule has 0 aromatic carbocycles. The highest BCUT2D eigenvalue weighted by Crippen LogP contribution is 2.38. The van der Waals surface area contributed by atoms with Crippen molar-refractivity contribution in [3.05, 3.63) is 37.6 Å². The van der Waals surface area contributed by atoms with E-state index in [2.05, 4.69) is 20.5 Å². The topological polar surface area (TPSA) is 171 Å². The van der Waals surface area contributed by atoms with Gasteiger partial charge < -0.3 is 24.7 Å². The molecule has 13 heteroatoms. The lowest BCUT2D eigenvalue weighted by Crippen LogP contribution is -2.38. The van der Waals surface area contributed by atoms with Crippen LogP contribution in [0.2, 0.25) is 0 Å². The summed E-state index contributed by atoms with van der Waals surface area (Å²) in [4.78, 5) is 44.3. The molecule has 1 aromatic rings. The summed E-state index contributed by atoms with van der Waals surface area (Å²) in [5.74, 6) is 0. The third kappa shape index (κ3) is 4.29. The lowest BCUT2D eigenvalue weighted by molar-refractivity contribution is -0.0543. The van der Waals surface area contributed by atoms with Crippen molar-refractivity contribution in [1.82, 2.24) is 9.55 Å². The van der Waals surface area contributed by atoms with Gasteiger partial charge in [0.05, 0.1) is 12.2 Å². The molecule has 0 saturated carbocycles. The summed E-state index contributed by atoms with van der Waals surface area (Å²) in [7, 11) is -4.79. The third-order valence-electron chi connectivity index (χ3n) is 3.26. The molecule has 5 N–H and O–H groups in total. The minimum Gasteiger partial charge on any atom is -0.387 e. The summed E-state index contributed by atoms with van der Waals surface area (Å²) < 4.78 is 21.1. The van der Waals surface area contributed by atoms with Crippen LogP contribution in [-0.2, 0) is 13.8 Å². The lowest BCUT2D eigenvalue weighted by Gasteiger charge is -2.17. The highest BCUT2D eigenvalue weighted by atomic mass is 79.9. The van der Waals surface area contributed by atoms with E-state index in [1.54, 1.807) is 0 Å². The number of aliphatic hydroxyl groups excluding tert-OH is 2. The summed E-state index contributed by atoms with van der Waals surface area (Å²) in [6, 6.07) is 0. The van der Waals surface area contributed by atoms with Crippen molar-refractivity contribution in [3.8, 4) is 0 Å². The first kappa shape index (κ1) is 19.2. The average Bonchev–Trinajstić information content (AvgIpc) is 2.75. The average molecular weight is 429 g/mol. The third-order valence-corrected chi connectivity index (χ3v) is 4.01. The van der Waals surface area contributed by atoms with E-state index in [0.29, 0.717) is 0 Å². The van der Waals surface area contributed by atoms with Crippen molar-refractivity contribution in [2.75, 3.05) is 6.61 Å². The Bertz CT molecular complexity index is 784. The maximum absolute atomic E-state index is 11.9. The van der Waals surface area contributed by atoms with Crippen LogP contribution in [-0.4, -0.2) is 54.5 Å². The number of hydrogen-bond donors (Lipinski definition) is 5. The second-order valence-electron chi connectivity index (χ2n) is 4.88. The zero-order valence-electron chi connectivity index (χ0n) is 11.9. The van der Waals surface area contributed by atoms with Crippen molar-refractivity contribution in [1.29, 1.82) is 0 Å². The minimum absolute atomic E-state index is 0.0756. The van der Waals surface area contributed by atoms with Gasteiger partial charge in [-0.25, -0.2) is 9.36 Å². The van der Waals surface area contributed by atoms with E-state index >= 15 is 0 Å². The van der Waals surface area contributed by atoms with E-state index in [9.17, 15) is 24.4 Å². The van der Waals surface area contributed by atoms with Gasteiger partial charge in [-0.05, 0) is 11.1 Å². The van der Waals surface area contributed by atoms with Crippen molar-refractivity contribution in [2.24, 2.45) is 0 Å². The second kappa shape index (κ2) is 7.42. The fourth-order valence-corrected chi connectivity index (χ4v) is 2.77. The van der Waals surface area contributed by atoms with Gasteiger partial charge in [0.1, 0.15) is 18.3 Å². The molecule has 0 bridgehead atoms. The maximum Gasteiger partial charge on any atom is 0.469 e. The van der Waals surface area contributed by atoms with E-state index < -0.39 is 50.2 Å². The predicted molar refractivity (Wildman–Crippen MR) is 83.2 cm³/mol. The Morgan fingerprint density at radius 2 is 2.04 bits per heavy atom. The number of nitrogens with one attached hydrogen (secondary N) is 1. The van der Waals surface area contributed by atoms with Crippen molar-refractivity contribution >= 4 is 29.8 Å². The molecule has 11 nitrogen and oxygen atoms in total. The van der Waals surface area contributed by atoms with Crippen LogP contribution in [0.4, 0.5) is 0 Å². The van der Waals surface area contributed by atoms with E-state index in [0.717, 1.165) is 10.8 Å². The molecule has 2 rings (SSSR count). The van der Waals surface area contributed by atoms with E-state index in [-0.39, 0.29) is 5.56 Å². The number of ether oxygens (including phenoxy) is 1. The van der Waals surface area contributed by atoms with Crippen molar-refractivity contribution < 1.29 is 33.8 Å². The van der Waals surface area contributed by atoms with Gasteiger partial charge >= 0.3 is 13.5 Å². The lowest BCUT2D eigenvalue weighted by atomic mass is 10.1. The van der Waals surface area contributed by atoms with E-state index in [4.69, 9.17) is 14.5 Å². The first-order valence-corrected chi connectivity index (χ1v) is 8.92. The Morgan fingerprint density at radius 3 is 2.62 bits per heavy atom. The number of aromatic nitrogens is 2. The van der Waals surface area contributed by atoms with Crippen LogP contribution < -0.4 is 11.2 Å². The summed E-state index contributed by atoms with van der Waals surface area (Å²) in [5, 5.41) is 19.9. The summed E-state index contributed by atoms with van der Waals surface area (Å²) in [6.07, 6.45) is -3.34. The molecule has 1 aromatic heterocycles. The number of halogens is 1. The Balaban J connectivity index is 2.29. The highest BCUT2D eigenvalue weighted by molar-refractivity contribution is 9.11. The molecule has 2 heterocycles.